The van der Waals surface area contributed by atoms with Gasteiger partial charge in [-0.05, 0) is 23.4 Å². The fourth-order valence-corrected chi connectivity index (χ4v) is 1.34. The second kappa shape index (κ2) is 2.82. The lowest BCUT2D eigenvalue weighted by molar-refractivity contribution is 0.0385. The lowest BCUT2D eigenvalue weighted by Gasteiger charge is -2.19. The molecule has 0 fully saturated rings. The largest absolute Gasteiger partial charge is 0.390 e. The van der Waals surface area contributed by atoms with Crippen LogP contribution in [0.5, 0.6) is 0 Å². The molecule has 0 spiro atoms. The highest BCUT2D eigenvalue weighted by atomic mass is 79.9. The van der Waals surface area contributed by atoms with Crippen LogP contribution in [-0.4, -0.2) is 22.4 Å². The predicted molar refractivity (Wildman–Crippen MR) is 38.3 cm³/mol. The molecular formula is C6H9BrO2. The van der Waals surface area contributed by atoms with Crippen LogP contribution < -0.4 is 0 Å². The van der Waals surface area contributed by atoms with Crippen LogP contribution in [0.3, 0.4) is 0 Å². The van der Waals surface area contributed by atoms with Crippen molar-refractivity contribution in [3.05, 3.63) is 10.6 Å². The molecule has 0 bridgehead atoms. The van der Waals surface area contributed by atoms with E-state index in [1.807, 2.05) is 0 Å². The molecule has 2 atom stereocenters. The fourth-order valence-electron chi connectivity index (χ4n) is 0.836. The van der Waals surface area contributed by atoms with Crippen molar-refractivity contribution < 1.29 is 10.2 Å². The van der Waals surface area contributed by atoms with Gasteiger partial charge in [-0.3, -0.25) is 0 Å². The standard InChI is InChI=1S/C6H9BrO2/c7-4-1-2-5(8)6(9)3-4/h3,5-6,8-9H,1-2H2/t5-,6+/m0/s1. The molecule has 0 radical (unpaired) electrons. The molecule has 9 heavy (non-hydrogen) atoms. The molecule has 0 heterocycles. The first-order valence-electron chi connectivity index (χ1n) is 2.92. The third-order valence-electron chi connectivity index (χ3n) is 1.42. The molecule has 0 unspecified atom stereocenters. The van der Waals surface area contributed by atoms with E-state index in [1.165, 1.54) is 0 Å². The summed E-state index contributed by atoms with van der Waals surface area (Å²) < 4.78 is 0.986. The van der Waals surface area contributed by atoms with Crippen LogP contribution in [0.15, 0.2) is 10.6 Å². The van der Waals surface area contributed by atoms with Crippen LogP contribution in [0.2, 0.25) is 0 Å². The van der Waals surface area contributed by atoms with Gasteiger partial charge in [0.05, 0.1) is 12.2 Å². The van der Waals surface area contributed by atoms with E-state index in [4.69, 9.17) is 10.2 Å². The number of rotatable bonds is 0. The number of hydrogen-bond acceptors (Lipinski definition) is 2. The number of aliphatic hydroxyl groups excluding tert-OH is 2. The minimum atomic E-state index is -0.673. The number of aliphatic hydroxyl groups is 2. The van der Waals surface area contributed by atoms with Gasteiger partial charge < -0.3 is 10.2 Å². The lowest BCUT2D eigenvalue weighted by Crippen LogP contribution is -2.26. The van der Waals surface area contributed by atoms with Gasteiger partial charge in [0, 0.05) is 0 Å². The van der Waals surface area contributed by atoms with Gasteiger partial charge in [-0.1, -0.05) is 15.9 Å². The summed E-state index contributed by atoms with van der Waals surface area (Å²) in [6.07, 6.45) is 1.88. The first-order chi connectivity index (χ1) is 4.20. The van der Waals surface area contributed by atoms with Crippen molar-refractivity contribution in [1.82, 2.24) is 0 Å². The van der Waals surface area contributed by atoms with Gasteiger partial charge in [0.2, 0.25) is 0 Å². The zero-order valence-electron chi connectivity index (χ0n) is 4.92. The Morgan fingerprint density at radius 3 is 2.67 bits per heavy atom. The Hall–Kier alpha value is 0.140. The summed E-state index contributed by atoms with van der Waals surface area (Å²) in [4.78, 5) is 0. The van der Waals surface area contributed by atoms with Gasteiger partial charge >= 0.3 is 0 Å². The van der Waals surface area contributed by atoms with Crippen molar-refractivity contribution in [2.75, 3.05) is 0 Å². The summed E-state index contributed by atoms with van der Waals surface area (Å²) in [7, 11) is 0. The van der Waals surface area contributed by atoms with E-state index in [9.17, 15) is 0 Å². The van der Waals surface area contributed by atoms with Crippen LogP contribution in [0, 0.1) is 0 Å². The van der Waals surface area contributed by atoms with Gasteiger partial charge in [-0.15, -0.1) is 0 Å². The Bertz CT molecular complexity index is 133. The minimum Gasteiger partial charge on any atom is -0.390 e. The Labute approximate surface area is 62.3 Å². The molecule has 52 valence electrons. The maximum absolute atomic E-state index is 8.99. The molecule has 0 saturated heterocycles. The van der Waals surface area contributed by atoms with E-state index in [1.54, 1.807) is 6.08 Å². The molecule has 1 aliphatic carbocycles. The molecule has 2 N–H and O–H groups in total. The molecular weight excluding hydrogens is 184 g/mol. The first kappa shape index (κ1) is 7.25. The van der Waals surface area contributed by atoms with Crippen molar-refractivity contribution in [1.29, 1.82) is 0 Å². The van der Waals surface area contributed by atoms with Crippen LogP contribution in [0.1, 0.15) is 12.8 Å². The molecule has 0 aromatic heterocycles. The fraction of sp³-hybridized carbons (Fsp3) is 0.667. The highest BCUT2D eigenvalue weighted by Gasteiger charge is 2.18. The number of hydrogen-bond donors (Lipinski definition) is 2. The lowest BCUT2D eigenvalue weighted by atomic mass is 10.0. The number of halogens is 1. The summed E-state index contributed by atoms with van der Waals surface area (Å²) in [5.41, 5.74) is 0. The number of allylic oxidation sites excluding steroid dienone is 1. The normalized spacial score (nSPS) is 36.1. The molecule has 1 aliphatic rings. The van der Waals surface area contributed by atoms with Gasteiger partial charge in [0.15, 0.2) is 0 Å². The summed E-state index contributed by atoms with van der Waals surface area (Å²) in [5, 5.41) is 18.0. The van der Waals surface area contributed by atoms with Crippen molar-refractivity contribution in [3.8, 4) is 0 Å². The van der Waals surface area contributed by atoms with E-state index >= 15 is 0 Å². The van der Waals surface area contributed by atoms with Crippen molar-refractivity contribution in [2.45, 2.75) is 25.0 Å². The zero-order valence-corrected chi connectivity index (χ0v) is 6.50. The molecule has 1 rings (SSSR count). The predicted octanol–water partition coefficient (Wildman–Crippen LogP) is 0.781. The molecule has 0 aromatic carbocycles. The maximum atomic E-state index is 8.99. The summed E-state index contributed by atoms with van der Waals surface area (Å²) in [5.74, 6) is 0. The summed E-state index contributed by atoms with van der Waals surface area (Å²) in [6.45, 7) is 0. The van der Waals surface area contributed by atoms with E-state index in [0.29, 0.717) is 6.42 Å². The summed E-state index contributed by atoms with van der Waals surface area (Å²) in [6, 6.07) is 0. The maximum Gasteiger partial charge on any atom is 0.0990 e. The molecule has 0 aromatic rings. The molecule has 3 heteroatoms. The van der Waals surface area contributed by atoms with Gasteiger partial charge in [0.25, 0.3) is 0 Å². The molecule has 0 aliphatic heterocycles. The highest BCUT2D eigenvalue weighted by molar-refractivity contribution is 9.11. The second-order valence-electron chi connectivity index (χ2n) is 2.21. The highest BCUT2D eigenvalue weighted by Crippen LogP contribution is 2.22. The molecule has 0 amide bonds. The quantitative estimate of drug-likeness (QED) is 0.596. The third-order valence-corrected chi connectivity index (χ3v) is 2.09. The minimum absolute atomic E-state index is 0.564. The van der Waals surface area contributed by atoms with Crippen LogP contribution in [0.25, 0.3) is 0 Å². The van der Waals surface area contributed by atoms with Gasteiger partial charge in [-0.2, -0.15) is 0 Å². The Morgan fingerprint density at radius 2 is 2.22 bits per heavy atom. The summed E-state index contributed by atoms with van der Waals surface area (Å²) >= 11 is 3.25. The first-order valence-corrected chi connectivity index (χ1v) is 3.72. The van der Waals surface area contributed by atoms with E-state index in [-0.39, 0.29) is 0 Å². The average molecular weight is 193 g/mol. The van der Waals surface area contributed by atoms with Gasteiger partial charge in [-0.25, -0.2) is 0 Å². The van der Waals surface area contributed by atoms with Gasteiger partial charge in [0.1, 0.15) is 0 Å². The molecule has 2 nitrogen and oxygen atoms in total. The van der Waals surface area contributed by atoms with Crippen molar-refractivity contribution >= 4 is 15.9 Å². The van der Waals surface area contributed by atoms with E-state index in [2.05, 4.69) is 15.9 Å². The van der Waals surface area contributed by atoms with E-state index < -0.39 is 12.2 Å². The van der Waals surface area contributed by atoms with Crippen molar-refractivity contribution in [3.63, 3.8) is 0 Å². The van der Waals surface area contributed by atoms with Crippen LogP contribution in [0.4, 0.5) is 0 Å². The topological polar surface area (TPSA) is 40.5 Å². The Kier molecular flexibility index (Phi) is 2.27. The average Bonchev–Trinajstić information content (AvgIpc) is 1.80. The smallest absolute Gasteiger partial charge is 0.0990 e. The monoisotopic (exact) mass is 192 g/mol. The third kappa shape index (κ3) is 1.78. The van der Waals surface area contributed by atoms with Crippen LogP contribution in [-0.2, 0) is 0 Å². The Balaban J connectivity index is 2.58. The van der Waals surface area contributed by atoms with Crippen LogP contribution >= 0.6 is 15.9 Å². The van der Waals surface area contributed by atoms with E-state index in [0.717, 1.165) is 10.9 Å². The molecule has 0 saturated carbocycles. The van der Waals surface area contributed by atoms with Crippen molar-refractivity contribution in [2.24, 2.45) is 0 Å². The zero-order chi connectivity index (χ0) is 6.85. The Morgan fingerprint density at radius 1 is 1.56 bits per heavy atom. The SMILES string of the molecule is O[C@@H]1C=C(Br)CC[C@@H]1O. The second-order valence-corrected chi connectivity index (χ2v) is 3.23.